The van der Waals surface area contributed by atoms with Crippen molar-refractivity contribution in [2.45, 2.75) is 160 Å². The van der Waals surface area contributed by atoms with E-state index >= 15 is 0 Å². The number of hydrogen-bond donors (Lipinski definition) is 6. The van der Waals surface area contributed by atoms with Gasteiger partial charge in [-0.05, 0) is 185 Å². The smallest absolute Gasteiger partial charge is 0.415 e. The summed E-state index contributed by atoms with van der Waals surface area (Å²) in [5.74, 6) is 3.20. The summed E-state index contributed by atoms with van der Waals surface area (Å²) in [6, 6.07) is 41.8. The van der Waals surface area contributed by atoms with Crippen LogP contribution in [0, 0.1) is 94.6 Å². The number of carbonyl (C=O) groups excluding carboxylic acids is 4. The maximum absolute atomic E-state index is 14.0. The van der Waals surface area contributed by atoms with Crippen molar-refractivity contribution in [2.75, 3.05) is 73.4 Å². The first-order chi connectivity index (χ1) is 65.0. The number of aromatic nitrogens is 9. The van der Waals surface area contributed by atoms with Gasteiger partial charge in [0.2, 0.25) is 11.8 Å². The Kier molecular flexibility index (Phi) is 32.4. The number of nitrogens with zero attached hydrogens (tertiary/aromatic N) is 11. The molecule has 12 aromatic rings. The SMILES string of the molecule is Cc1ccc(C)c(OS(=O)Nc2ccc(C)c(OS(=O)Nc3cccc(-c4nc5c(C#N)c(C)c(Cl)n5[nH]4)c3)c2)c1.[C-]#[N+]c1c(C(=O)OC2C(C)CC(C)CC2C)c2nc(-c3ccc(NS(=O)Oc4cc(C)ccc4OCCCCCCCC)cc3)[nH]n2c1OC(=O)N1CCOCC1.[C-]#[N+]c1c(C(=O)OC2C(C)CC(C)CC2C)c2nc(-c3ccccc3)[nH]n2c1OC(=O)N1CCOCC1. The number of esters is 2. The van der Waals surface area contributed by atoms with Gasteiger partial charge in [-0.25, -0.2) is 57.4 Å². The van der Waals surface area contributed by atoms with E-state index in [0.29, 0.717) is 162 Å². The number of unbranched alkanes of at least 4 members (excludes halogenated alkanes) is 5. The lowest BCUT2D eigenvalue weighted by atomic mass is 9.75. The number of ether oxygens (including phenoxy) is 7. The lowest BCUT2D eigenvalue weighted by molar-refractivity contribution is -0.0253. The molecule has 8 heterocycles. The number of hydrogen-bond acceptors (Lipinski definition) is 21. The van der Waals surface area contributed by atoms with Crippen molar-refractivity contribution in [3.8, 4) is 75.0 Å². The Morgan fingerprint density at radius 3 is 1.45 bits per heavy atom. The van der Waals surface area contributed by atoms with Crippen LogP contribution in [0.25, 0.3) is 60.8 Å². The highest BCUT2D eigenvalue weighted by Gasteiger charge is 2.41. The summed E-state index contributed by atoms with van der Waals surface area (Å²) in [7, 11) is 0. The molecule has 710 valence electrons. The molecule has 4 fully saturated rings. The van der Waals surface area contributed by atoms with Crippen molar-refractivity contribution in [1.82, 2.24) is 53.6 Å². The molecule has 6 aromatic carbocycles. The summed E-state index contributed by atoms with van der Waals surface area (Å²) in [4.78, 5) is 78.0. The number of carbonyl (C=O) groups is 4. The van der Waals surface area contributed by atoms with Gasteiger partial charge in [0.05, 0.1) is 57.6 Å². The molecule has 16 rings (SSSR count). The van der Waals surface area contributed by atoms with Crippen molar-refractivity contribution in [2.24, 2.45) is 35.5 Å². The van der Waals surface area contributed by atoms with Gasteiger partial charge in [0.15, 0.2) is 45.9 Å². The predicted molar refractivity (Wildman–Crippen MR) is 515 cm³/mol. The van der Waals surface area contributed by atoms with E-state index in [-0.39, 0.29) is 81.4 Å². The van der Waals surface area contributed by atoms with E-state index in [2.05, 4.69) is 104 Å². The van der Waals surface area contributed by atoms with Gasteiger partial charge in [-0.2, -0.15) is 17.9 Å². The third kappa shape index (κ3) is 23.6. The molecule has 2 aliphatic heterocycles. The number of halogens is 1. The minimum Gasteiger partial charge on any atom is -0.490 e. The lowest BCUT2D eigenvalue weighted by Gasteiger charge is -2.37. The van der Waals surface area contributed by atoms with Gasteiger partial charge in [0.1, 0.15) is 51.6 Å². The predicted octanol–water partition coefficient (Wildman–Crippen LogP) is 20.2. The third-order valence-electron chi connectivity index (χ3n) is 24.1. The number of morpholine rings is 2. The van der Waals surface area contributed by atoms with Gasteiger partial charge in [0, 0.05) is 60.2 Å². The van der Waals surface area contributed by atoms with Crippen LogP contribution >= 0.6 is 11.6 Å². The molecule has 0 radical (unpaired) electrons. The number of aryl methyl sites for hydroxylation is 4. The highest BCUT2D eigenvalue weighted by molar-refractivity contribution is 7.82. The monoisotopic (exact) mass is 1920 g/mol. The third-order valence-corrected chi connectivity index (χ3v) is 26.7. The molecule has 7 atom stereocenters. The van der Waals surface area contributed by atoms with Gasteiger partial charge in [0.25, 0.3) is 11.4 Å². The number of nitriles is 1. The number of rotatable bonds is 29. The molecule has 2 saturated carbocycles. The minimum atomic E-state index is -1.96. The first-order valence-electron chi connectivity index (χ1n) is 45.0. The van der Waals surface area contributed by atoms with Crippen molar-refractivity contribution in [3.05, 3.63) is 206 Å². The molecular weight excluding hydrogens is 1810 g/mol. The maximum atomic E-state index is 14.0. The Hall–Kier alpha value is -13.2. The second kappa shape index (κ2) is 44.8. The highest BCUT2D eigenvalue weighted by Crippen LogP contribution is 2.45. The summed E-state index contributed by atoms with van der Waals surface area (Å²) in [5, 5.41) is 19.2. The van der Waals surface area contributed by atoms with Crippen molar-refractivity contribution in [1.29, 1.82) is 5.26 Å². The van der Waals surface area contributed by atoms with E-state index in [9.17, 15) is 37.1 Å². The average molecular weight is 1920 g/mol. The number of anilines is 3. The largest absolute Gasteiger partial charge is 0.490 e. The van der Waals surface area contributed by atoms with E-state index in [1.807, 2.05) is 94.4 Å². The average Bonchev–Trinajstić information content (AvgIpc) is 1.58. The van der Waals surface area contributed by atoms with Crippen LogP contribution in [0.15, 0.2) is 133 Å². The van der Waals surface area contributed by atoms with Crippen LogP contribution in [0.4, 0.5) is 38.0 Å². The Balaban J connectivity index is 0.000000167. The zero-order valence-corrected chi connectivity index (χ0v) is 80.4. The number of nitrogens with one attached hydrogen (secondary N) is 6. The number of fused-ring (bicyclic) bond motifs is 3. The standard InChI is InChI=1S/C42H54N6O8S.C28H25ClN6O4S2.C27H31N5O5/c1-7-8-9-10-11-12-21-53-33-18-13-27(2)26-34(33)56-57(51)46-32-16-14-31(15-17-32)38-44-39-35(41(49)54-37-29(4)24-28(3)25-30(37)5)36(43-6)40(48(39)45-38)55-42(50)47-19-22-52-23-20-47;1-16-8-9-17(2)24(12-16)38-41(37)34-22-11-10-18(3)25(14-22)39-40(36)33-21-7-5-6-20(13-21)27-31-28-23(15-30)19(4)26(29)35(28)32-27;1-16-14-17(2)22(18(3)15-16)36-26(33)20-21(28-4)25(37-27(34)31-10-12-35-13-11-31)32-24(20)29-23(30-32)19-8-6-5-7-9-19/h13-18,26,28-30,37,46H,7-12,19-25H2,1-5H3,(H,44,45);5-14,33-34H,1-4H3,(H,31,32);5-9,16-18,22H,10-15H2,1-3H3,(H,29,30). The molecule has 0 spiro atoms. The van der Waals surface area contributed by atoms with Crippen molar-refractivity contribution >= 4 is 115 Å². The molecule has 0 bridgehead atoms. The molecule has 2 amide bonds. The Bertz CT molecular complexity index is 6470. The van der Waals surface area contributed by atoms with Crippen LogP contribution < -0.4 is 40.9 Å². The van der Waals surface area contributed by atoms with Crippen LogP contribution in [-0.2, 0) is 52.7 Å². The van der Waals surface area contributed by atoms with E-state index < -0.39 is 57.9 Å². The quantitative estimate of drug-likeness (QED) is 0.0144. The summed E-state index contributed by atoms with van der Waals surface area (Å²) in [5.41, 5.74) is 8.51. The zero-order valence-electron chi connectivity index (χ0n) is 77.2. The molecule has 135 heavy (non-hydrogen) atoms. The van der Waals surface area contributed by atoms with Gasteiger partial charge in [-0.15, -0.1) is 0 Å². The normalized spacial score (nSPS) is 18.9. The Labute approximate surface area is 795 Å². The molecule has 4 aliphatic rings. The molecule has 6 aromatic heterocycles. The summed E-state index contributed by atoms with van der Waals surface area (Å²) in [6.45, 7) is 43.6. The lowest BCUT2D eigenvalue weighted by Crippen LogP contribution is -2.42. The van der Waals surface area contributed by atoms with E-state index in [0.717, 1.165) is 66.3 Å². The van der Waals surface area contributed by atoms with Gasteiger partial charge >= 0.3 is 57.9 Å². The molecule has 2 saturated heterocycles. The molecular formula is C97H110ClN17O17S3. The molecule has 34 nitrogen and oxygen atoms in total. The van der Waals surface area contributed by atoms with Crippen LogP contribution in [0.2, 0.25) is 5.15 Å². The molecule has 38 heteroatoms. The number of benzene rings is 6. The first kappa shape index (κ1) is 97.8. The van der Waals surface area contributed by atoms with Gasteiger partial charge in [-0.3, -0.25) is 29.5 Å². The molecule has 2 aliphatic carbocycles. The topological polar surface area (TPSA) is 386 Å². The number of amides is 2. The number of H-pyrrole nitrogens is 3. The van der Waals surface area contributed by atoms with Gasteiger partial charge in [-0.1, -0.05) is 159 Å². The fourth-order valence-corrected chi connectivity index (χ4v) is 19.7. The highest BCUT2D eigenvalue weighted by atomic mass is 35.5. The van der Waals surface area contributed by atoms with Crippen LogP contribution in [0.3, 0.4) is 0 Å². The van der Waals surface area contributed by atoms with E-state index in [1.165, 1.54) is 44.5 Å². The van der Waals surface area contributed by atoms with Crippen molar-refractivity contribution < 1.29 is 77.5 Å². The maximum Gasteiger partial charge on any atom is 0.415 e. The summed E-state index contributed by atoms with van der Waals surface area (Å²) in [6.07, 6.45) is 8.75. The molecule has 6 N–H and O–H groups in total. The van der Waals surface area contributed by atoms with Gasteiger partial charge < -0.3 is 55.5 Å². The van der Waals surface area contributed by atoms with Crippen LogP contribution in [-0.4, -0.2) is 162 Å². The van der Waals surface area contributed by atoms with E-state index in [1.54, 1.807) is 78.2 Å². The van der Waals surface area contributed by atoms with Crippen LogP contribution in [0.5, 0.6) is 34.8 Å². The minimum absolute atomic E-state index is 0.00349. The molecule has 7 unspecified atom stereocenters. The first-order valence-corrected chi connectivity index (χ1v) is 48.6. The second-order valence-corrected chi connectivity index (χ2v) is 37.6. The zero-order chi connectivity index (χ0) is 95.8. The second-order valence-electron chi connectivity index (χ2n) is 34.7. The Morgan fingerprint density at radius 1 is 0.504 bits per heavy atom. The van der Waals surface area contributed by atoms with E-state index in [4.69, 9.17) is 75.4 Å². The van der Waals surface area contributed by atoms with Crippen LogP contribution in [0.1, 0.15) is 167 Å². The Morgan fingerprint density at radius 2 is 0.933 bits per heavy atom. The summed E-state index contributed by atoms with van der Waals surface area (Å²) < 4.78 is 109. The fourth-order valence-electron chi connectivity index (χ4n) is 17.4. The number of aromatic amines is 3. The van der Waals surface area contributed by atoms with Crippen molar-refractivity contribution in [3.63, 3.8) is 0 Å². The fraction of sp³-hybridized carbons (Fsp3) is 0.402. The summed E-state index contributed by atoms with van der Waals surface area (Å²) >= 11 is 0.583.